The zero-order valence-corrected chi connectivity index (χ0v) is 18.5. The van der Waals surface area contributed by atoms with Gasteiger partial charge in [0, 0.05) is 17.8 Å². The summed E-state index contributed by atoms with van der Waals surface area (Å²) in [4.78, 5) is 25.0. The highest BCUT2D eigenvalue weighted by Crippen LogP contribution is 2.49. The maximum absolute atomic E-state index is 12.7. The van der Waals surface area contributed by atoms with E-state index in [1.165, 1.54) is 17.7 Å². The van der Waals surface area contributed by atoms with E-state index in [0.29, 0.717) is 5.41 Å². The van der Waals surface area contributed by atoms with Gasteiger partial charge in [0.15, 0.2) is 0 Å². The number of rotatable bonds is 8. The van der Waals surface area contributed by atoms with E-state index in [-0.39, 0.29) is 24.9 Å². The number of halogens is 1. The molecule has 5 nitrogen and oxygen atoms in total. The fraction of sp³-hybridized carbons (Fsp3) is 0.565. The van der Waals surface area contributed by atoms with Crippen LogP contribution in [0.15, 0.2) is 30.0 Å². The molecule has 0 aromatic heterocycles. The number of benzene rings is 1. The molecule has 0 unspecified atom stereocenters. The Morgan fingerprint density at radius 2 is 2.00 bits per heavy atom. The predicted octanol–water partition coefficient (Wildman–Crippen LogP) is 5.33. The van der Waals surface area contributed by atoms with Crippen LogP contribution in [0.25, 0.3) is 0 Å². The highest BCUT2D eigenvalue weighted by Gasteiger charge is 2.40. The van der Waals surface area contributed by atoms with Gasteiger partial charge in [-0.25, -0.2) is 4.79 Å². The van der Waals surface area contributed by atoms with Gasteiger partial charge in [-0.05, 0) is 66.7 Å². The molecule has 1 atom stereocenters. The Morgan fingerprint density at radius 3 is 2.55 bits per heavy atom. The van der Waals surface area contributed by atoms with Gasteiger partial charge >= 0.3 is 12.0 Å². The van der Waals surface area contributed by atoms with E-state index in [0.717, 1.165) is 34.6 Å². The normalized spacial score (nSPS) is 23.0. The lowest BCUT2D eigenvalue weighted by Crippen LogP contribution is -2.55. The number of urea groups is 1. The topological polar surface area (TPSA) is 69.6 Å². The van der Waals surface area contributed by atoms with Gasteiger partial charge in [0.05, 0.1) is 12.0 Å². The summed E-state index contributed by atoms with van der Waals surface area (Å²) in [6.07, 6.45) is 6.43. The van der Waals surface area contributed by atoms with E-state index in [1.54, 1.807) is 0 Å². The molecule has 3 rings (SSSR count). The standard InChI is InChI=1S/C23H31ClN2O3/c1-15(2)18-14-26(12-8-20(27)28)21(29)25-23(18,4)17-6-5-16(19(24)13-17)7-9-22(3)10-11-22/h5-6,13-15H,7-12H2,1-4H3,(H,25,29)(H,27,28)/t23-/m1/s1. The number of hydrogen-bond donors (Lipinski definition) is 2. The van der Waals surface area contributed by atoms with Crippen molar-refractivity contribution in [3.05, 3.63) is 46.1 Å². The molecule has 1 aromatic carbocycles. The number of carbonyl (C=O) groups is 2. The number of carboxylic acids is 1. The Hall–Kier alpha value is -2.01. The SMILES string of the molecule is CC(C)C1=CN(CCC(=O)O)C(=O)N[C@]1(C)c1ccc(CCC2(C)CC2)c(Cl)c1. The van der Waals surface area contributed by atoms with Crippen molar-refractivity contribution in [3.8, 4) is 0 Å². The third-order valence-corrected chi connectivity index (χ3v) is 6.76. The van der Waals surface area contributed by atoms with Crippen molar-refractivity contribution < 1.29 is 14.7 Å². The lowest BCUT2D eigenvalue weighted by atomic mass is 9.78. The first-order valence-electron chi connectivity index (χ1n) is 10.4. The van der Waals surface area contributed by atoms with Crippen LogP contribution in [-0.2, 0) is 16.8 Å². The molecule has 0 saturated heterocycles. The van der Waals surface area contributed by atoms with Crippen LogP contribution in [0, 0.1) is 11.3 Å². The van der Waals surface area contributed by atoms with Crippen LogP contribution in [0.3, 0.4) is 0 Å². The Labute approximate surface area is 178 Å². The number of aliphatic carboxylic acids is 1. The molecule has 1 aromatic rings. The molecule has 2 N–H and O–H groups in total. The number of aryl methyl sites for hydroxylation is 1. The number of hydrogen-bond acceptors (Lipinski definition) is 2. The molecule has 0 spiro atoms. The number of carbonyl (C=O) groups excluding carboxylic acids is 1. The third kappa shape index (κ3) is 4.77. The van der Waals surface area contributed by atoms with Gasteiger partial charge in [-0.15, -0.1) is 0 Å². The Morgan fingerprint density at radius 1 is 1.31 bits per heavy atom. The highest BCUT2D eigenvalue weighted by molar-refractivity contribution is 6.31. The van der Waals surface area contributed by atoms with Crippen molar-refractivity contribution >= 4 is 23.6 Å². The van der Waals surface area contributed by atoms with E-state index in [9.17, 15) is 9.59 Å². The first kappa shape index (κ1) is 21.7. The molecule has 1 aliphatic heterocycles. The summed E-state index contributed by atoms with van der Waals surface area (Å²) in [5.41, 5.74) is 2.91. The molecule has 0 bridgehead atoms. The average Bonchev–Trinajstić information content (AvgIpc) is 3.37. The summed E-state index contributed by atoms with van der Waals surface area (Å²) in [6.45, 7) is 8.60. The molecule has 6 heteroatoms. The fourth-order valence-corrected chi connectivity index (χ4v) is 4.30. The van der Waals surface area contributed by atoms with Crippen LogP contribution < -0.4 is 5.32 Å². The van der Waals surface area contributed by atoms with Gasteiger partial charge < -0.3 is 15.3 Å². The van der Waals surface area contributed by atoms with Crippen molar-refractivity contribution in [2.24, 2.45) is 11.3 Å². The van der Waals surface area contributed by atoms with Crippen molar-refractivity contribution in [1.82, 2.24) is 10.2 Å². The molecule has 2 aliphatic rings. The van der Waals surface area contributed by atoms with Crippen LogP contribution in [-0.4, -0.2) is 28.6 Å². The van der Waals surface area contributed by atoms with Gasteiger partial charge in [-0.1, -0.05) is 44.5 Å². The van der Waals surface area contributed by atoms with E-state index in [2.05, 4.69) is 38.2 Å². The quantitative estimate of drug-likeness (QED) is 0.599. The first-order valence-corrected chi connectivity index (χ1v) is 10.7. The van der Waals surface area contributed by atoms with Crippen molar-refractivity contribution in [3.63, 3.8) is 0 Å². The second-order valence-electron chi connectivity index (χ2n) is 9.25. The van der Waals surface area contributed by atoms with Gasteiger partial charge in [-0.3, -0.25) is 4.79 Å². The van der Waals surface area contributed by atoms with Crippen LogP contribution in [0.5, 0.6) is 0 Å². The number of carboxylic acid groups (broad SMARTS) is 1. The van der Waals surface area contributed by atoms with Crippen LogP contribution >= 0.6 is 11.6 Å². The smallest absolute Gasteiger partial charge is 0.322 e. The second kappa shape index (κ2) is 8.02. The maximum atomic E-state index is 12.7. The summed E-state index contributed by atoms with van der Waals surface area (Å²) >= 11 is 6.63. The molecular formula is C23H31ClN2O3. The predicted molar refractivity (Wildman–Crippen MR) is 115 cm³/mol. The first-order chi connectivity index (χ1) is 13.5. The monoisotopic (exact) mass is 418 g/mol. The summed E-state index contributed by atoms with van der Waals surface area (Å²) < 4.78 is 0. The Balaban J connectivity index is 1.86. The van der Waals surface area contributed by atoms with Crippen molar-refractivity contribution in [1.29, 1.82) is 0 Å². The summed E-state index contributed by atoms with van der Waals surface area (Å²) in [5.74, 6) is -0.755. The number of nitrogens with one attached hydrogen (secondary N) is 1. The highest BCUT2D eigenvalue weighted by atomic mass is 35.5. The summed E-state index contributed by atoms with van der Waals surface area (Å²) in [7, 11) is 0. The van der Waals surface area contributed by atoms with Crippen LogP contribution in [0.2, 0.25) is 5.02 Å². The van der Waals surface area contributed by atoms with E-state index in [1.807, 2.05) is 19.2 Å². The molecule has 1 aliphatic carbocycles. The average molecular weight is 419 g/mol. The number of nitrogens with zero attached hydrogens (tertiary/aromatic N) is 1. The fourth-order valence-electron chi connectivity index (χ4n) is 4.02. The van der Waals surface area contributed by atoms with Crippen LogP contribution in [0.4, 0.5) is 4.79 Å². The van der Waals surface area contributed by atoms with Crippen LogP contribution in [0.1, 0.15) is 64.5 Å². The Bertz CT molecular complexity index is 845. The second-order valence-corrected chi connectivity index (χ2v) is 9.66. The van der Waals surface area contributed by atoms with E-state index in [4.69, 9.17) is 16.7 Å². The molecule has 1 heterocycles. The molecule has 1 saturated carbocycles. The van der Waals surface area contributed by atoms with Gasteiger partial charge in [0.1, 0.15) is 0 Å². The van der Waals surface area contributed by atoms with Gasteiger partial charge in [0.25, 0.3) is 0 Å². The molecule has 0 radical (unpaired) electrons. The Kier molecular flexibility index (Phi) is 6.00. The summed E-state index contributed by atoms with van der Waals surface area (Å²) in [5, 5.41) is 12.8. The van der Waals surface area contributed by atoms with Crippen molar-refractivity contribution in [2.45, 2.75) is 65.3 Å². The molecule has 2 amide bonds. The minimum Gasteiger partial charge on any atom is -0.481 e. The largest absolute Gasteiger partial charge is 0.481 e. The third-order valence-electron chi connectivity index (χ3n) is 6.41. The molecule has 158 valence electrons. The minimum absolute atomic E-state index is 0.0918. The minimum atomic E-state index is -0.923. The zero-order valence-electron chi connectivity index (χ0n) is 17.7. The maximum Gasteiger partial charge on any atom is 0.322 e. The molecular weight excluding hydrogens is 388 g/mol. The van der Waals surface area contributed by atoms with Crippen molar-refractivity contribution in [2.75, 3.05) is 6.54 Å². The van der Waals surface area contributed by atoms with E-state index >= 15 is 0 Å². The lowest BCUT2D eigenvalue weighted by molar-refractivity contribution is -0.137. The van der Waals surface area contributed by atoms with Gasteiger partial charge in [0.2, 0.25) is 0 Å². The lowest BCUT2D eigenvalue weighted by Gasteiger charge is -2.42. The zero-order chi connectivity index (χ0) is 21.4. The summed E-state index contributed by atoms with van der Waals surface area (Å²) in [6, 6.07) is 5.81. The van der Waals surface area contributed by atoms with Gasteiger partial charge in [-0.2, -0.15) is 0 Å². The van der Waals surface area contributed by atoms with E-state index < -0.39 is 11.5 Å². The molecule has 1 fully saturated rings. The number of amides is 2. The molecule has 29 heavy (non-hydrogen) atoms.